The predicted molar refractivity (Wildman–Crippen MR) is 67.0 cm³/mol. The van der Waals surface area contributed by atoms with Gasteiger partial charge in [0.25, 0.3) is 0 Å². The fraction of sp³-hybridized carbons (Fsp3) is 0.583. The van der Waals surface area contributed by atoms with E-state index < -0.39 is 0 Å². The Labute approximate surface area is 105 Å². The number of hydrogen-bond acceptors (Lipinski definition) is 5. The molecule has 2 fully saturated rings. The van der Waals surface area contributed by atoms with Gasteiger partial charge in [-0.05, 0) is 0 Å². The number of pyridine rings is 1. The van der Waals surface area contributed by atoms with Gasteiger partial charge in [0.2, 0.25) is 0 Å². The molecule has 0 radical (unpaired) electrons. The van der Waals surface area contributed by atoms with E-state index in [1.807, 2.05) is 4.90 Å². The number of rotatable bonds is 1. The number of hydrogen-bond donors (Lipinski definition) is 1. The molecule has 0 saturated carbocycles. The Balaban J connectivity index is 1.81. The van der Waals surface area contributed by atoms with Crippen LogP contribution in [0.3, 0.4) is 0 Å². The number of morpholine rings is 1. The van der Waals surface area contributed by atoms with E-state index in [0.29, 0.717) is 24.0 Å². The van der Waals surface area contributed by atoms with Gasteiger partial charge in [-0.15, -0.1) is 0 Å². The summed E-state index contributed by atoms with van der Waals surface area (Å²) in [5.41, 5.74) is 6.72. The zero-order chi connectivity index (χ0) is 12.5. The third kappa shape index (κ3) is 2.02. The summed E-state index contributed by atoms with van der Waals surface area (Å²) in [6.07, 6.45) is 2.72. The molecular formula is C12H17FN4O. The Morgan fingerprint density at radius 1 is 1.33 bits per heavy atom. The second kappa shape index (κ2) is 4.70. The van der Waals surface area contributed by atoms with Crippen molar-refractivity contribution in [3.63, 3.8) is 0 Å². The summed E-state index contributed by atoms with van der Waals surface area (Å²) in [5, 5.41) is 0. The van der Waals surface area contributed by atoms with Crippen LogP contribution in [0.1, 0.15) is 0 Å². The van der Waals surface area contributed by atoms with Crippen molar-refractivity contribution in [3.05, 3.63) is 18.2 Å². The summed E-state index contributed by atoms with van der Waals surface area (Å²) in [6, 6.07) is 0.333. The van der Waals surface area contributed by atoms with E-state index in [0.717, 1.165) is 32.8 Å². The lowest BCUT2D eigenvalue weighted by molar-refractivity contribution is -0.0117. The molecule has 2 aliphatic rings. The van der Waals surface area contributed by atoms with Gasteiger partial charge in [-0.3, -0.25) is 9.88 Å². The van der Waals surface area contributed by atoms with Crippen LogP contribution in [-0.2, 0) is 4.74 Å². The number of anilines is 2. The van der Waals surface area contributed by atoms with Crippen molar-refractivity contribution >= 4 is 11.4 Å². The molecule has 2 saturated heterocycles. The van der Waals surface area contributed by atoms with E-state index in [9.17, 15) is 4.39 Å². The van der Waals surface area contributed by atoms with Gasteiger partial charge in [-0.2, -0.15) is 0 Å². The quantitative estimate of drug-likeness (QED) is 0.780. The fourth-order valence-electron chi connectivity index (χ4n) is 2.73. The van der Waals surface area contributed by atoms with E-state index in [4.69, 9.17) is 10.5 Å². The first kappa shape index (κ1) is 11.7. The van der Waals surface area contributed by atoms with Crippen LogP contribution in [0.5, 0.6) is 0 Å². The number of aromatic nitrogens is 1. The second-order valence-electron chi connectivity index (χ2n) is 4.77. The fourth-order valence-corrected chi connectivity index (χ4v) is 2.73. The summed E-state index contributed by atoms with van der Waals surface area (Å²) < 4.78 is 19.3. The maximum absolute atomic E-state index is 13.8. The first-order valence-electron chi connectivity index (χ1n) is 6.21. The van der Waals surface area contributed by atoms with Gasteiger partial charge in [-0.25, -0.2) is 4.39 Å². The maximum Gasteiger partial charge on any atom is 0.166 e. The standard InChI is InChI=1S/C12H17FN4O/c13-10-5-15-6-11(14)12(10)17-2-1-16-3-4-18-8-9(16)7-17/h5-6,9H,1-4,7-8,14H2. The Morgan fingerprint density at radius 2 is 2.22 bits per heavy atom. The number of nitrogens with two attached hydrogens (primary N) is 1. The molecule has 0 aliphatic carbocycles. The summed E-state index contributed by atoms with van der Waals surface area (Å²) in [4.78, 5) is 8.16. The van der Waals surface area contributed by atoms with Gasteiger partial charge < -0.3 is 15.4 Å². The predicted octanol–water partition coefficient (Wildman–Crippen LogP) is 0.324. The van der Waals surface area contributed by atoms with Gasteiger partial charge in [0.15, 0.2) is 5.82 Å². The normalized spacial score (nSPS) is 24.9. The number of nitrogen functional groups attached to an aromatic ring is 1. The molecule has 2 aliphatic heterocycles. The smallest absolute Gasteiger partial charge is 0.166 e. The lowest BCUT2D eigenvalue weighted by atomic mass is 10.1. The molecule has 0 aromatic carbocycles. The van der Waals surface area contributed by atoms with Crippen LogP contribution in [0.25, 0.3) is 0 Å². The second-order valence-corrected chi connectivity index (χ2v) is 4.77. The molecular weight excluding hydrogens is 235 g/mol. The van der Waals surface area contributed by atoms with Crippen LogP contribution in [0.15, 0.2) is 12.4 Å². The van der Waals surface area contributed by atoms with Crippen LogP contribution < -0.4 is 10.6 Å². The third-order valence-electron chi connectivity index (χ3n) is 3.66. The van der Waals surface area contributed by atoms with Crippen LogP contribution >= 0.6 is 0 Å². The molecule has 3 heterocycles. The van der Waals surface area contributed by atoms with E-state index in [1.165, 1.54) is 12.4 Å². The van der Waals surface area contributed by atoms with Crippen LogP contribution in [0, 0.1) is 5.82 Å². The average Bonchev–Trinajstić information content (AvgIpc) is 2.38. The number of fused-ring (bicyclic) bond motifs is 1. The molecule has 3 rings (SSSR count). The summed E-state index contributed by atoms with van der Waals surface area (Å²) in [5.74, 6) is -0.347. The van der Waals surface area contributed by atoms with E-state index in [1.54, 1.807) is 0 Å². The Hall–Kier alpha value is -1.40. The summed E-state index contributed by atoms with van der Waals surface area (Å²) in [7, 11) is 0. The van der Waals surface area contributed by atoms with Crippen molar-refractivity contribution < 1.29 is 9.13 Å². The van der Waals surface area contributed by atoms with Crippen molar-refractivity contribution in [1.29, 1.82) is 0 Å². The molecule has 18 heavy (non-hydrogen) atoms. The Morgan fingerprint density at radius 3 is 3.06 bits per heavy atom. The lowest BCUT2D eigenvalue weighted by Crippen LogP contribution is -2.58. The number of nitrogens with zero attached hydrogens (tertiary/aromatic N) is 3. The van der Waals surface area contributed by atoms with Crippen molar-refractivity contribution in [3.8, 4) is 0 Å². The minimum atomic E-state index is -0.347. The van der Waals surface area contributed by atoms with Crippen molar-refractivity contribution in [2.24, 2.45) is 0 Å². The highest BCUT2D eigenvalue weighted by Crippen LogP contribution is 2.28. The Bertz CT molecular complexity index is 422. The third-order valence-corrected chi connectivity index (χ3v) is 3.66. The summed E-state index contributed by atoms with van der Waals surface area (Å²) in [6.45, 7) is 4.94. The highest BCUT2D eigenvalue weighted by atomic mass is 19.1. The number of piperazine rings is 1. The molecule has 1 atom stereocenters. The van der Waals surface area contributed by atoms with E-state index >= 15 is 0 Å². The monoisotopic (exact) mass is 252 g/mol. The maximum atomic E-state index is 13.8. The average molecular weight is 252 g/mol. The summed E-state index contributed by atoms with van der Waals surface area (Å²) >= 11 is 0. The molecule has 0 amide bonds. The van der Waals surface area contributed by atoms with E-state index in [-0.39, 0.29) is 5.82 Å². The van der Waals surface area contributed by atoms with Crippen LogP contribution in [0.4, 0.5) is 15.8 Å². The molecule has 6 heteroatoms. The van der Waals surface area contributed by atoms with Gasteiger partial charge in [0, 0.05) is 26.2 Å². The van der Waals surface area contributed by atoms with Gasteiger partial charge in [0.05, 0.1) is 43.0 Å². The minimum Gasteiger partial charge on any atom is -0.396 e. The number of halogens is 1. The molecule has 1 unspecified atom stereocenters. The molecule has 0 spiro atoms. The van der Waals surface area contributed by atoms with Crippen molar-refractivity contribution in [1.82, 2.24) is 9.88 Å². The lowest BCUT2D eigenvalue weighted by Gasteiger charge is -2.44. The minimum absolute atomic E-state index is 0.333. The molecule has 98 valence electrons. The first-order chi connectivity index (χ1) is 8.75. The first-order valence-corrected chi connectivity index (χ1v) is 6.21. The van der Waals surface area contributed by atoms with Crippen LogP contribution in [-0.4, -0.2) is 55.3 Å². The number of ether oxygens (including phenoxy) is 1. The molecule has 0 bridgehead atoms. The zero-order valence-corrected chi connectivity index (χ0v) is 10.2. The van der Waals surface area contributed by atoms with Crippen molar-refractivity contribution in [2.45, 2.75) is 6.04 Å². The van der Waals surface area contributed by atoms with Crippen molar-refractivity contribution in [2.75, 3.05) is 50.0 Å². The largest absolute Gasteiger partial charge is 0.396 e. The van der Waals surface area contributed by atoms with Gasteiger partial charge in [0.1, 0.15) is 0 Å². The van der Waals surface area contributed by atoms with Gasteiger partial charge in [-0.1, -0.05) is 0 Å². The van der Waals surface area contributed by atoms with Gasteiger partial charge >= 0.3 is 0 Å². The highest BCUT2D eigenvalue weighted by molar-refractivity contribution is 5.67. The molecule has 2 N–H and O–H groups in total. The SMILES string of the molecule is Nc1cncc(F)c1N1CCN2CCOCC2C1. The molecule has 1 aromatic rings. The Kier molecular flexibility index (Phi) is 3.05. The zero-order valence-electron chi connectivity index (χ0n) is 10.2. The highest BCUT2D eigenvalue weighted by Gasteiger charge is 2.31. The van der Waals surface area contributed by atoms with Crippen LogP contribution in [0.2, 0.25) is 0 Å². The molecule has 5 nitrogen and oxygen atoms in total. The molecule has 1 aromatic heterocycles. The topological polar surface area (TPSA) is 54.6 Å². The van der Waals surface area contributed by atoms with E-state index in [2.05, 4.69) is 9.88 Å².